The van der Waals surface area contributed by atoms with Crippen molar-refractivity contribution in [3.63, 3.8) is 0 Å². The molecule has 0 saturated carbocycles. The highest BCUT2D eigenvalue weighted by atomic mass is 16.4. The Bertz CT molecular complexity index is 385. The Morgan fingerprint density at radius 2 is 2.26 bits per heavy atom. The number of oxime groups is 1. The molecule has 1 aromatic rings. The van der Waals surface area contributed by atoms with Gasteiger partial charge in [0.25, 0.3) is 0 Å². The fraction of sp³-hybridized carbons (Fsp3) is 0.643. The molecular weight excluding hydrogens is 242 g/mol. The van der Waals surface area contributed by atoms with Crippen molar-refractivity contribution < 1.29 is 9.62 Å². The molecule has 0 aliphatic rings. The van der Waals surface area contributed by atoms with Crippen LogP contribution in [0, 0.1) is 5.41 Å². The Morgan fingerprint density at radius 3 is 2.84 bits per heavy atom. The predicted molar refractivity (Wildman–Crippen MR) is 76.2 cm³/mol. The second-order valence-corrected chi connectivity index (χ2v) is 5.52. The summed E-state index contributed by atoms with van der Waals surface area (Å²) in [4.78, 5) is 0. The van der Waals surface area contributed by atoms with Crippen molar-refractivity contribution in [3.05, 3.63) is 24.2 Å². The SMILES string of the molecule is CC(NCCCCC(C)(C)/C(N)=N/O)c1ccco1. The lowest BCUT2D eigenvalue weighted by Gasteiger charge is -2.22. The molecule has 1 unspecified atom stereocenters. The molecule has 0 saturated heterocycles. The van der Waals surface area contributed by atoms with E-state index in [0.717, 1.165) is 31.6 Å². The first kappa shape index (κ1) is 15.6. The van der Waals surface area contributed by atoms with Crippen LogP contribution in [0.4, 0.5) is 0 Å². The monoisotopic (exact) mass is 267 g/mol. The zero-order chi connectivity index (χ0) is 14.3. The number of hydrogen-bond donors (Lipinski definition) is 3. The second-order valence-electron chi connectivity index (χ2n) is 5.52. The molecule has 4 N–H and O–H groups in total. The van der Waals surface area contributed by atoms with Crippen molar-refractivity contribution in [2.75, 3.05) is 6.54 Å². The fourth-order valence-electron chi connectivity index (χ4n) is 1.91. The molecule has 19 heavy (non-hydrogen) atoms. The minimum Gasteiger partial charge on any atom is -0.468 e. The molecule has 0 fully saturated rings. The van der Waals surface area contributed by atoms with E-state index >= 15 is 0 Å². The molecule has 0 aromatic carbocycles. The van der Waals surface area contributed by atoms with Gasteiger partial charge in [-0.25, -0.2) is 0 Å². The summed E-state index contributed by atoms with van der Waals surface area (Å²) in [6.07, 6.45) is 4.67. The van der Waals surface area contributed by atoms with Crippen molar-refractivity contribution >= 4 is 5.84 Å². The summed E-state index contributed by atoms with van der Waals surface area (Å²) in [5, 5.41) is 15.2. The van der Waals surface area contributed by atoms with Crippen LogP contribution in [0.25, 0.3) is 0 Å². The summed E-state index contributed by atoms with van der Waals surface area (Å²) >= 11 is 0. The van der Waals surface area contributed by atoms with Crippen molar-refractivity contribution in [1.82, 2.24) is 5.32 Å². The zero-order valence-electron chi connectivity index (χ0n) is 12.0. The Kier molecular flexibility index (Phi) is 5.89. The number of hydrogen-bond acceptors (Lipinski definition) is 4. The highest BCUT2D eigenvalue weighted by molar-refractivity contribution is 5.85. The van der Waals surface area contributed by atoms with E-state index in [2.05, 4.69) is 17.4 Å². The van der Waals surface area contributed by atoms with Gasteiger partial charge in [-0.15, -0.1) is 0 Å². The predicted octanol–water partition coefficient (Wildman–Crippen LogP) is 2.87. The second kappa shape index (κ2) is 7.19. The van der Waals surface area contributed by atoms with Crippen LogP contribution < -0.4 is 11.1 Å². The number of furan rings is 1. The number of nitrogens with one attached hydrogen (secondary N) is 1. The van der Waals surface area contributed by atoms with Gasteiger partial charge in [-0.1, -0.05) is 25.4 Å². The van der Waals surface area contributed by atoms with E-state index in [1.807, 2.05) is 26.0 Å². The lowest BCUT2D eigenvalue weighted by Crippen LogP contribution is -2.32. The van der Waals surface area contributed by atoms with E-state index in [9.17, 15) is 0 Å². The molecule has 1 rings (SSSR count). The van der Waals surface area contributed by atoms with E-state index in [-0.39, 0.29) is 11.5 Å². The minimum atomic E-state index is -0.249. The molecule has 0 aliphatic heterocycles. The van der Waals surface area contributed by atoms with E-state index in [0.29, 0.717) is 5.84 Å². The number of nitrogens with two attached hydrogens (primary N) is 1. The Labute approximate surface area is 114 Å². The highest BCUT2D eigenvalue weighted by Gasteiger charge is 2.22. The molecule has 0 aliphatic carbocycles. The zero-order valence-corrected chi connectivity index (χ0v) is 12.0. The summed E-state index contributed by atoms with van der Waals surface area (Å²) in [7, 11) is 0. The summed E-state index contributed by atoms with van der Waals surface area (Å²) in [6, 6.07) is 4.10. The number of unbranched alkanes of at least 4 members (excludes halogenated alkanes) is 1. The van der Waals surface area contributed by atoms with Gasteiger partial charge >= 0.3 is 0 Å². The molecule has 1 heterocycles. The molecule has 1 atom stereocenters. The first-order valence-electron chi connectivity index (χ1n) is 6.72. The van der Waals surface area contributed by atoms with E-state index in [1.54, 1.807) is 6.26 Å². The summed E-state index contributed by atoms with van der Waals surface area (Å²) in [6.45, 7) is 6.98. The first-order valence-corrected chi connectivity index (χ1v) is 6.72. The molecule has 0 radical (unpaired) electrons. The smallest absolute Gasteiger partial charge is 0.144 e. The standard InChI is InChI=1S/C14H25N3O2/c1-11(12-7-6-10-19-12)16-9-5-4-8-14(2,3)13(15)17-18/h6-7,10-11,16,18H,4-5,8-9H2,1-3H3,(H2,15,17). The number of rotatable bonds is 8. The molecule has 5 heteroatoms. The van der Waals surface area contributed by atoms with Crippen LogP contribution in [0.2, 0.25) is 0 Å². The lowest BCUT2D eigenvalue weighted by molar-refractivity contribution is 0.304. The van der Waals surface area contributed by atoms with Crippen LogP contribution in [-0.2, 0) is 0 Å². The third kappa shape index (κ3) is 4.95. The lowest BCUT2D eigenvalue weighted by atomic mass is 9.86. The van der Waals surface area contributed by atoms with Gasteiger partial charge in [0.05, 0.1) is 12.3 Å². The van der Waals surface area contributed by atoms with Gasteiger partial charge in [-0.05, 0) is 38.4 Å². The summed E-state index contributed by atoms with van der Waals surface area (Å²) in [5.74, 6) is 1.25. The first-order chi connectivity index (χ1) is 8.97. The van der Waals surface area contributed by atoms with Crippen molar-refractivity contribution in [3.8, 4) is 0 Å². The van der Waals surface area contributed by atoms with Crippen LogP contribution in [0.5, 0.6) is 0 Å². The maximum Gasteiger partial charge on any atom is 0.144 e. The van der Waals surface area contributed by atoms with Gasteiger partial charge in [0.15, 0.2) is 0 Å². The third-order valence-corrected chi connectivity index (χ3v) is 3.45. The summed E-state index contributed by atoms with van der Waals surface area (Å²) in [5.41, 5.74) is 5.40. The van der Waals surface area contributed by atoms with Crippen LogP contribution in [0.1, 0.15) is 51.8 Å². The average Bonchev–Trinajstić information content (AvgIpc) is 2.90. The van der Waals surface area contributed by atoms with Gasteiger partial charge in [0.2, 0.25) is 0 Å². The minimum absolute atomic E-state index is 0.229. The fourth-order valence-corrected chi connectivity index (χ4v) is 1.91. The van der Waals surface area contributed by atoms with E-state index in [4.69, 9.17) is 15.4 Å². The quantitative estimate of drug-likeness (QED) is 0.222. The van der Waals surface area contributed by atoms with Gasteiger partial charge in [0, 0.05) is 5.41 Å². The maximum absolute atomic E-state index is 8.69. The average molecular weight is 267 g/mol. The molecule has 0 amide bonds. The molecule has 5 nitrogen and oxygen atoms in total. The largest absolute Gasteiger partial charge is 0.468 e. The van der Waals surface area contributed by atoms with Crippen molar-refractivity contribution in [2.45, 2.75) is 46.1 Å². The Morgan fingerprint density at radius 1 is 1.53 bits per heavy atom. The highest BCUT2D eigenvalue weighted by Crippen LogP contribution is 2.23. The molecular formula is C14H25N3O2. The number of nitrogens with zero attached hydrogens (tertiary/aromatic N) is 1. The summed E-state index contributed by atoms with van der Waals surface area (Å²) < 4.78 is 5.33. The molecule has 0 spiro atoms. The van der Waals surface area contributed by atoms with Gasteiger partial charge in [-0.2, -0.15) is 0 Å². The molecule has 108 valence electrons. The van der Waals surface area contributed by atoms with Crippen LogP contribution in [0.3, 0.4) is 0 Å². The molecule has 0 bridgehead atoms. The maximum atomic E-state index is 8.69. The van der Waals surface area contributed by atoms with Gasteiger partial charge in [0.1, 0.15) is 11.6 Å². The Hall–Kier alpha value is -1.49. The topological polar surface area (TPSA) is 83.8 Å². The van der Waals surface area contributed by atoms with Gasteiger partial charge in [-0.3, -0.25) is 0 Å². The normalized spacial score (nSPS) is 14.6. The van der Waals surface area contributed by atoms with Crippen LogP contribution >= 0.6 is 0 Å². The third-order valence-electron chi connectivity index (χ3n) is 3.45. The van der Waals surface area contributed by atoms with E-state index in [1.165, 1.54) is 0 Å². The van der Waals surface area contributed by atoms with Crippen LogP contribution in [-0.4, -0.2) is 17.6 Å². The van der Waals surface area contributed by atoms with Gasteiger partial charge < -0.3 is 20.7 Å². The van der Waals surface area contributed by atoms with Crippen molar-refractivity contribution in [2.24, 2.45) is 16.3 Å². The van der Waals surface area contributed by atoms with E-state index < -0.39 is 0 Å². The number of amidine groups is 1. The Balaban J connectivity index is 2.18. The molecule has 1 aromatic heterocycles. The van der Waals surface area contributed by atoms with Crippen LogP contribution in [0.15, 0.2) is 28.0 Å². The van der Waals surface area contributed by atoms with Crippen molar-refractivity contribution in [1.29, 1.82) is 0 Å².